The van der Waals surface area contributed by atoms with Crippen molar-refractivity contribution < 1.29 is 19.1 Å². The molecule has 0 N–H and O–H groups in total. The monoisotopic (exact) mass is 380 g/mol. The molecule has 0 radical (unpaired) electrons. The van der Waals surface area contributed by atoms with Gasteiger partial charge in [0.15, 0.2) is 11.5 Å². The highest BCUT2D eigenvalue weighted by atomic mass is 16.5. The van der Waals surface area contributed by atoms with E-state index in [1.807, 2.05) is 29.2 Å². The Labute approximate surface area is 164 Å². The number of amides is 2. The molecule has 2 heterocycles. The van der Waals surface area contributed by atoms with Gasteiger partial charge < -0.3 is 19.3 Å². The van der Waals surface area contributed by atoms with Gasteiger partial charge >= 0.3 is 0 Å². The van der Waals surface area contributed by atoms with E-state index in [9.17, 15) is 9.59 Å². The van der Waals surface area contributed by atoms with Gasteiger partial charge in [0, 0.05) is 37.0 Å². The Morgan fingerprint density at radius 3 is 2.64 bits per heavy atom. The van der Waals surface area contributed by atoms with Crippen LogP contribution in [0.4, 0.5) is 11.4 Å². The van der Waals surface area contributed by atoms with E-state index < -0.39 is 0 Å². The quantitative estimate of drug-likeness (QED) is 0.818. The molecule has 6 nitrogen and oxygen atoms in total. The van der Waals surface area contributed by atoms with Gasteiger partial charge in [0.05, 0.1) is 20.1 Å². The minimum atomic E-state index is -0.341. The summed E-state index contributed by atoms with van der Waals surface area (Å²) in [6, 6.07) is 13.4. The molecule has 0 aliphatic carbocycles. The number of aryl methyl sites for hydroxylation is 1. The summed E-state index contributed by atoms with van der Waals surface area (Å²) < 4.78 is 10.6. The van der Waals surface area contributed by atoms with Crippen LogP contribution in [0.3, 0.4) is 0 Å². The molecule has 2 aliphatic rings. The summed E-state index contributed by atoms with van der Waals surface area (Å²) in [7, 11) is 3.14. The van der Waals surface area contributed by atoms with Crippen molar-refractivity contribution in [1.82, 2.24) is 0 Å². The molecular formula is C22H24N2O4. The summed E-state index contributed by atoms with van der Waals surface area (Å²) in [6.45, 7) is 1.09. The smallest absolute Gasteiger partial charge is 0.232 e. The zero-order valence-corrected chi connectivity index (χ0v) is 16.2. The summed E-state index contributed by atoms with van der Waals surface area (Å²) >= 11 is 0. The van der Waals surface area contributed by atoms with Crippen LogP contribution in [0.15, 0.2) is 42.5 Å². The van der Waals surface area contributed by atoms with Crippen molar-refractivity contribution in [2.45, 2.75) is 19.3 Å². The van der Waals surface area contributed by atoms with Crippen LogP contribution < -0.4 is 19.3 Å². The van der Waals surface area contributed by atoms with E-state index in [1.54, 1.807) is 31.3 Å². The van der Waals surface area contributed by atoms with Gasteiger partial charge in [-0.2, -0.15) is 0 Å². The molecule has 4 rings (SSSR count). The molecule has 1 atom stereocenters. The zero-order valence-electron chi connectivity index (χ0n) is 16.2. The Hall–Kier alpha value is -3.02. The number of carbonyl (C=O) groups is 2. The number of hydrogen-bond acceptors (Lipinski definition) is 4. The normalized spacial score (nSPS) is 18.8. The standard InChI is InChI=1S/C22H24N2O4/c1-27-19-10-9-17(13-20(19)28-2)24-14-16(12-21(24)25)22(26)23-11-5-7-15-6-3-4-8-18(15)23/h3-4,6,8-10,13,16H,5,7,11-12,14H2,1-2H3/t16-/m1/s1. The lowest BCUT2D eigenvalue weighted by molar-refractivity contribution is -0.124. The van der Waals surface area contributed by atoms with Crippen LogP contribution in [0.1, 0.15) is 18.4 Å². The summed E-state index contributed by atoms with van der Waals surface area (Å²) in [4.78, 5) is 29.4. The number of carbonyl (C=O) groups excluding carboxylic acids is 2. The summed E-state index contributed by atoms with van der Waals surface area (Å²) in [6.07, 6.45) is 2.16. The van der Waals surface area contributed by atoms with Crippen molar-refractivity contribution in [1.29, 1.82) is 0 Å². The zero-order chi connectivity index (χ0) is 19.7. The second-order valence-corrected chi connectivity index (χ2v) is 7.17. The number of benzene rings is 2. The van der Waals surface area contributed by atoms with Crippen molar-refractivity contribution in [3.63, 3.8) is 0 Å². The number of para-hydroxylation sites is 1. The van der Waals surface area contributed by atoms with E-state index in [0.717, 1.165) is 24.2 Å². The number of hydrogen-bond donors (Lipinski definition) is 0. The summed E-state index contributed by atoms with van der Waals surface area (Å²) in [5, 5.41) is 0. The molecule has 2 amide bonds. The highest BCUT2D eigenvalue weighted by molar-refractivity contribution is 6.05. The molecule has 6 heteroatoms. The van der Waals surface area contributed by atoms with Crippen molar-refractivity contribution >= 4 is 23.2 Å². The average Bonchev–Trinajstić information content (AvgIpc) is 3.13. The number of ether oxygens (including phenoxy) is 2. The fourth-order valence-electron chi connectivity index (χ4n) is 4.10. The Kier molecular flexibility index (Phi) is 4.94. The third-order valence-electron chi connectivity index (χ3n) is 5.53. The van der Waals surface area contributed by atoms with Crippen LogP contribution in [-0.2, 0) is 16.0 Å². The topological polar surface area (TPSA) is 59.1 Å². The average molecular weight is 380 g/mol. The Bertz CT molecular complexity index is 911. The number of rotatable bonds is 4. The van der Waals surface area contributed by atoms with Gasteiger partial charge in [0.2, 0.25) is 11.8 Å². The summed E-state index contributed by atoms with van der Waals surface area (Å²) in [5.41, 5.74) is 2.90. The lowest BCUT2D eigenvalue weighted by Gasteiger charge is -2.31. The van der Waals surface area contributed by atoms with Gasteiger partial charge in [-0.3, -0.25) is 9.59 Å². The number of fused-ring (bicyclic) bond motifs is 1. The third-order valence-corrected chi connectivity index (χ3v) is 5.53. The molecule has 0 bridgehead atoms. The fraction of sp³-hybridized carbons (Fsp3) is 0.364. The second kappa shape index (κ2) is 7.54. The van der Waals surface area contributed by atoms with Crippen molar-refractivity contribution in [2.75, 3.05) is 37.1 Å². The lowest BCUT2D eigenvalue weighted by atomic mass is 9.99. The van der Waals surface area contributed by atoms with Gasteiger partial charge in [0.1, 0.15) is 0 Å². The highest BCUT2D eigenvalue weighted by Crippen LogP contribution is 2.35. The largest absolute Gasteiger partial charge is 0.493 e. The maximum atomic E-state index is 13.2. The Morgan fingerprint density at radius 2 is 1.86 bits per heavy atom. The second-order valence-electron chi connectivity index (χ2n) is 7.17. The van der Waals surface area contributed by atoms with Gasteiger partial charge in [-0.05, 0) is 36.6 Å². The van der Waals surface area contributed by atoms with E-state index in [1.165, 1.54) is 5.56 Å². The molecule has 1 saturated heterocycles. The van der Waals surface area contributed by atoms with Crippen molar-refractivity contribution in [3.8, 4) is 11.5 Å². The molecule has 2 aliphatic heterocycles. The Morgan fingerprint density at radius 1 is 1.07 bits per heavy atom. The van der Waals surface area contributed by atoms with Crippen molar-refractivity contribution in [3.05, 3.63) is 48.0 Å². The lowest BCUT2D eigenvalue weighted by Crippen LogP contribution is -2.40. The number of anilines is 2. The molecule has 0 spiro atoms. The van der Waals surface area contributed by atoms with E-state index in [-0.39, 0.29) is 24.2 Å². The predicted octanol–water partition coefficient (Wildman–Crippen LogP) is 3.04. The van der Waals surface area contributed by atoms with Gasteiger partial charge in [0.25, 0.3) is 0 Å². The maximum absolute atomic E-state index is 13.2. The van der Waals surface area contributed by atoms with Crippen LogP contribution >= 0.6 is 0 Å². The third kappa shape index (κ3) is 3.19. The first-order chi connectivity index (χ1) is 13.6. The molecular weight excluding hydrogens is 356 g/mol. The first-order valence-corrected chi connectivity index (χ1v) is 9.54. The SMILES string of the molecule is COc1ccc(N2C[C@H](C(=O)N3CCCc4ccccc43)CC2=O)cc1OC. The van der Waals surface area contributed by atoms with Crippen LogP contribution in [0, 0.1) is 5.92 Å². The first kappa shape index (κ1) is 18.3. The maximum Gasteiger partial charge on any atom is 0.232 e. The molecule has 2 aromatic carbocycles. The fourth-order valence-corrected chi connectivity index (χ4v) is 4.10. The predicted molar refractivity (Wildman–Crippen MR) is 107 cm³/mol. The first-order valence-electron chi connectivity index (χ1n) is 9.54. The highest BCUT2D eigenvalue weighted by Gasteiger charge is 2.38. The molecule has 0 unspecified atom stereocenters. The summed E-state index contributed by atoms with van der Waals surface area (Å²) in [5.74, 6) is 0.814. The van der Waals surface area contributed by atoms with Crippen molar-refractivity contribution in [2.24, 2.45) is 5.92 Å². The molecule has 0 saturated carbocycles. The molecule has 2 aromatic rings. The van der Waals surface area contributed by atoms with Gasteiger partial charge in [-0.15, -0.1) is 0 Å². The van der Waals surface area contributed by atoms with E-state index in [2.05, 4.69) is 6.07 Å². The van der Waals surface area contributed by atoms with Crippen LogP contribution in [0.25, 0.3) is 0 Å². The molecule has 0 aromatic heterocycles. The number of nitrogens with zero attached hydrogens (tertiary/aromatic N) is 2. The molecule has 28 heavy (non-hydrogen) atoms. The van der Waals surface area contributed by atoms with Gasteiger partial charge in [-0.1, -0.05) is 18.2 Å². The van der Waals surface area contributed by atoms with E-state index in [0.29, 0.717) is 24.6 Å². The van der Waals surface area contributed by atoms with Gasteiger partial charge in [-0.25, -0.2) is 0 Å². The Balaban J connectivity index is 1.55. The molecule has 1 fully saturated rings. The van der Waals surface area contributed by atoms with E-state index in [4.69, 9.17) is 9.47 Å². The van der Waals surface area contributed by atoms with E-state index >= 15 is 0 Å². The molecule has 146 valence electrons. The minimum absolute atomic E-state index is 0.0310. The van der Waals surface area contributed by atoms with Crippen LogP contribution in [-0.4, -0.2) is 39.1 Å². The minimum Gasteiger partial charge on any atom is -0.493 e. The van der Waals surface area contributed by atoms with Crippen LogP contribution in [0.2, 0.25) is 0 Å². The number of methoxy groups -OCH3 is 2. The van der Waals surface area contributed by atoms with Crippen LogP contribution in [0.5, 0.6) is 11.5 Å².